The number of thiophene rings is 1. The first-order valence-corrected chi connectivity index (χ1v) is 6.79. The van der Waals surface area contributed by atoms with Crippen LogP contribution in [0.25, 0.3) is 0 Å². The number of aryl methyl sites for hydroxylation is 1. The van der Waals surface area contributed by atoms with Gasteiger partial charge in [0.2, 0.25) is 5.91 Å². The minimum absolute atomic E-state index is 0.0338. The summed E-state index contributed by atoms with van der Waals surface area (Å²) in [6, 6.07) is 2.06. The third kappa shape index (κ3) is 4.85. The third-order valence-corrected chi connectivity index (χ3v) is 3.58. The normalized spacial score (nSPS) is 10.3. The third-order valence-electron chi connectivity index (χ3n) is 2.56. The van der Waals surface area contributed by atoms with Crippen molar-refractivity contribution in [2.24, 2.45) is 0 Å². The average Bonchev–Trinajstić information content (AvgIpc) is 2.73. The zero-order valence-corrected chi connectivity index (χ0v) is 11.6. The van der Waals surface area contributed by atoms with E-state index < -0.39 is 0 Å². The van der Waals surface area contributed by atoms with Gasteiger partial charge in [0.15, 0.2) is 0 Å². The van der Waals surface area contributed by atoms with E-state index in [1.165, 1.54) is 10.4 Å². The van der Waals surface area contributed by atoms with Gasteiger partial charge in [-0.25, -0.2) is 0 Å². The molecule has 1 amide bonds. The van der Waals surface area contributed by atoms with Crippen LogP contribution in [-0.4, -0.2) is 30.4 Å². The van der Waals surface area contributed by atoms with Crippen molar-refractivity contribution >= 4 is 17.2 Å². The Balaban J connectivity index is 2.38. The topological polar surface area (TPSA) is 32.3 Å². The Morgan fingerprint density at radius 1 is 1.44 bits per heavy atom. The maximum absolute atomic E-state index is 11.8. The smallest absolute Gasteiger partial charge is 0.234 e. The molecule has 0 unspecified atom stereocenters. The molecule has 18 heavy (non-hydrogen) atoms. The first-order chi connectivity index (χ1) is 8.67. The Morgan fingerprint density at radius 2 is 2.11 bits per heavy atom. The molecule has 3 nitrogen and oxygen atoms in total. The molecular weight excluding hydrogens is 244 g/mol. The van der Waals surface area contributed by atoms with Gasteiger partial charge in [0.05, 0.1) is 13.1 Å². The number of amides is 1. The molecule has 0 bridgehead atoms. The maximum atomic E-state index is 11.8. The van der Waals surface area contributed by atoms with Gasteiger partial charge in [0, 0.05) is 18.0 Å². The van der Waals surface area contributed by atoms with Crippen LogP contribution >= 0.6 is 11.3 Å². The summed E-state index contributed by atoms with van der Waals surface area (Å²) in [5.41, 5.74) is 1.23. The van der Waals surface area contributed by atoms with Crippen molar-refractivity contribution in [3.05, 3.63) is 47.2 Å². The second-order valence-electron chi connectivity index (χ2n) is 4.07. The van der Waals surface area contributed by atoms with Gasteiger partial charge in [-0.2, -0.15) is 0 Å². The molecule has 0 aliphatic heterocycles. The van der Waals surface area contributed by atoms with Crippen molar-refractivity contribution in [2.45, 2.75) is 13.5 Å². The van der Waals surface area contributed by atoms with Gasteiger partial charge in [0.1, 0.15) is 0 Å². The van der Waals surface area contributed by atoms with E-state index in [2.05, 4.69) is 31.5 Å². The van der Waals surface area contributed by atoms with Gasteiger partial charge < -0.3 is 5.32 Å². The number of nitrogens with one attached hydrogen (secondary N) is 1. The number of nitrogens with zero attached hydrogens (tertiary/aromatic N) is 1. The van der Waals surface area contributed by atoms with Crippen LogP contribution in [0.1, 0.15) is 10.4 Å². The van der Waals surface area contributed by atoms with Crippen LogP contribution in [0.15, 0.2) is 36.8 Å². The molecule has 0 radical (unpaired) electrons. The number of hydrogen-bond donors (Lipinski definition) is 1. The van der Waals surface area contributed by atoms with Gasteiger partial charge in [0.25, 0.3) is 0 Å². The second kappa shape index (κ2) is 7.84. The molecule has 1 aromatic heterocycles. The Kier molecular flexibility index (Phi) is 6.39. The van der Waals surface area contributed by atoms with Crippen molar-refractivity contribution in [2.75, 3.05) is 19.6 Å². The lowest BCUT2D eigenvalue weighted by Crippen LogP contribution is -2.37. The summed E-state index contributed by atoms with van der Waals surface area (Å²) in [5.74, 6) is 0.0338. The monoisotopic (exact) mass is 264 g/mol. The highest BCUT2D eigenvalue weighted by Gasteiger charge is 2.08. The van der Waals surface area contributed by atoms with E-state index in [0.29, 0.717) is 26.2 Å². The van der Waals surface area contributed by atoms with Gasteiger partial charge in [-0.05, 0) is 23.9 Å². The highest BCUT2D eigenvalue weighted by molar-refractivity contribution is 7.10. The largest absolute Gasteiger partial charge is 0.350 e. The predicted octanol–water partition coefficient (Wildman–Crippen LogP) is 2.35. The first kappa shape index (κ1) is 14.7. The molecule has 0 saturated heterocycles. The fourth-order valence-electron chi connectivity index (χ4n) is 1.59. The molecule has 1 rings (SSSR count). The summed E-state index contributed by atoms with van der Waals surface area (Å²) in [7, 11) is 0. The minimum Gasteiger partial charge on any atom is -0.350 e. The lowest BCUT2D eigenvalue weighted by Gasteiger charge is -2.17. The Morgan fingerprint density at radius 3 is 2.61 bits per heavy atom. The van der Waals surface area contributed by atoms with E-state index in [4.69, 9.17) is 0 Å². The van der Waals surface area contributed by atoms with Crippen molar-refractivity contribution in [3.8, 4) is 0 Å². The average molecular weight is 264 g/mol. The van der Waals surface area contributed by atoms with Crippen LogP contribution in [-0.2, 0) is 11.3 Å². The molecule has 0 aromatic carbocycles. The molecule has 98 valence electrons. The van der Waals surface area contributed by atoms with Gasteiger partial charge in [-0.15, -0.1) is 24.5 Å². The summed E-state index contributed by atoms with van der Waals surface area (Å²) in [4.78, 5) is 15.0. The standard InChI is InChI=1S/C14H20N2OS/c1-4-7-16(8-5-2)11-14(17)15-10-13-12(3)6-9-18-13/h4-6,9H,1-2,7-8,10-11H2,3H3,(H,15,17). The van der Waals surface area contributed by atoms with E-state index in [0.717, 1.165) is 0 Å². The summed E-state index contributed by atoms with van der Waals surface area (Å²) >= 11 is 1.67. The van der Waals surface area contributed by atoms with Crippen LogP contribution < -0.4 is 5.32 Å². The van der Waals surface area contributed by atoms with E-state index in [1.807, 2.05) is 10.3 Å². The zero-order chi connectivity index (χ0) is 13.4. The summed E-state index contributed by atoms with van der Waals surface area (Å²) in [6.07, 6.45) is 3.58. The lowest BCUT2D eigenvalue weighted by atomic mass is 10.3. The molecule has 0 atom stereocenters. The molecule has 0 saturated carbocycles. The Bertz CT molecular complexity index is 402. The number of hydrogen-bond acceptors (Lipinski definition) is 3. The Labute approximate surface area is 113 Å². The van der Waals surface area contributed by atoms with Crippen molar-refractivity contribution in [3.63, 3.8) is 0 Å². The van der Waals surface area contributed by atoms with Crippen LogP contribution in [0.4, 0.5) is 0 Å². The molecule has 0 fully saturated rings. The van der Waals surface area contributed by atoms with Crippen LogP contribution in [0.3, 0.4) is 0 Å². The van der Waals surface area contributed by atoms with Crippen LogP contribution in [0.2, 0.25) is 0 Å². The predicted molar refractivity (Wildman–Crippen MR) is 77.7 cm³/mol. The number of rotatable bonds is 8. The summed E-state index contributed by atoms with van der Waals surface area (Å²) < 4.78 is 0. The fourth-order valence-corrected chi connectivity index (χ4v) is 2.44. The van der Waals surface area contributed by atoms with E-state index in [9.17, 15) is 4.79 Å². The first-order valence-electron chi connectivity index (χ1n) is 5.91. The number of carbonyl (C=O) groups is 1. The summed E-state index contributed by atoms with van der Waals surface area (Å²) in [6.45, 7) is 11.8. The van der Waals surface area contributed by atoms with Crippen LogP contribution in [0.5, 0.6) is 0 Å². The minimum atomic E-state index is 0.0338. The van der Waals surface area contributed by atoms with E-state index >= 15 is 0 Å². The summed E-state index contributed by atoms with van der Waals surface area (Å²) in [5, 5.41) is 4.97. The highest BCUT2D eigenvalue weighted by Crippen LogP contribution is 2.14. The van der Waals surface area contributed by atoms with Crippen molar-refractivity contribution in [1.29, 1.82) is 0 Å². The maximum Gasteiger partial charge on any atom is 0.234 e. The SMILES string of the molecule is C=CCN(CC=C)CC(=O)NCc1sccc1C. The van der Waals surface area contributed by atoms with Gasteiger partial charge in [-0.3, -0.25) is 9.69 Å². The molecule has 4 heteroatoms. The molecule has 1 N–H and O–H groups in total. The molecular formula is C14H20N2OS. The zero-order valence-electron chi connectivity index (χ0n) is 10.8. The van der Waals surface area contributed by atoms with Crippen molar-refractivity contribution in [1.82, 2.24) is 10.2 Å². The molecule has 1 heterocycles. The highest BCUT2D eigenvalue weighted by atomic mass is 32.1. The van der Waals surface area contributed by atoms with Gasteiger partial charge >= 0.3 is 0 Å². The molecule has 0 aliphatic carbocycles. The molecule has 0 aliphatic rings. The second-order valence-corrected chi connectivity index (χ2v) is 5.08. The lowest BCUT2D eigenvalue weighted by molar-refractivity contribution is -0.122. The molecule has 1 aromatic rings. The van der Waals surface area contributed by atoms with Crippen LogP contribution in [0, 0.1) is 6.92 Å². The van der Waals surface area contributed by atoms with E-state index in [-0.39, 0.29) is 5.91 Å². The number of carbonyl (C=O) groups excluding carboxylic acids is 1. The van der Waals surface area contributed by atoms with Crippen molar-refractivity contribution < 1.29 is 4.79 Å². The Hall–Kier alpha value is -1.39. The fraction of sp³-hybridized carbons (Fsp3) is 0.357. The van der Waals surface area contributed by atoms with Gasteiger partial charge in [-0.1, -0.05) is 12.2 Å². The van der Waals surface area contributed by atoms with E-state index in [1.54, 1.807) is 23.5 Å². The quantitative estimate of drug-likeness (QED) is 0.731. The molecule has 0 spiro atoms.